The van der Waals surface area contributed by atoms with E-state index in [0.29, 0.717) is 17.8 Å². The zero-order chi connectivity index (χ0) is 19.7. The Morgan fingerprint density at radius 1 is 1.04 bits per heavy atom. The molecule has 0 unspecified atom stereocenters. The zero-order valence-corrected chi connectivity index (χ0v) is 16.6. The number of nitrogens with zero attached hydrogens (tertiary/aromatic N) is 2. The van der Waals surface area contributed by atoms with E-state index in [1.165, 1.54) is 0 Å². The van der Waals surface area contributed by atoms with E-state index in [1.54, 1.807) is 0 Å². The van der Waals surface area contributed by atoms with Gasteiger partial charge in [-0.3, -0.25) is 9.36 Å². The van der Waals surface area contributed by atoms with Crippen molar-refractivity contribution < 1.29 is 9.21 Å². The lowest BCUT2D eigenvalue weighted by molar-refractivity contribution is -0.116. The van der Waals surface area contributed by atoms with E-state index in [4.69, 9.17) is 16.6 Å². The molecule has 0 spiro atoms. The highest BCUT2D eigenvalue weighted by Crippen LogP contribution is 2.20. The Bertz CT molecular complexity index is 1200. The number of oxazole rings is 1. The molecule has 142 valence electrons. The van der Waals surface area contributed by atoms with Gasteiger partial charge >= 0.3 is 0 Å². The fraction of sp³-hybridized carbons (Fsp3) is 0.182. The molecule has 1 N–H and O–H groups in total. The summed E-state index contributed by atoms with van der Waals surface area (Å²) in [5.74, 6) is -0.0646. The van der Waals surface area contributed by atoms with Gasteiger partial charge in [0.05, 0.1) is 5.52 Å². The number of rotatable bonds is 5. The van der Waals surface area contributed by atoms with Gasteiger partial charge in [0.2, 0.25) is 5.91 Å². The Morgan fingerprint density at radius 3 is 2.57 bits per heavy atom. The summed E-state index contributed by atoms with van der Waals surface area (Å²) in [5, 5.41) is 2.98. The summed E-state index contributed by atoms with van der Waals surface area (Å²) in [7, 11) is 0. The van der Waals surface area contributed by atoms with E-state index in [2.05, 4.69) is 35.9 Å². The van der Waals surface area contributed by atoms with Crippen molar-refractivity contribution in [1.29, 1.82) is 0 Å². The van der Waals surface area contributed by atoms with Crippen LogP contribution in [0.1, 0.15) is 17.8 Å². The average molecular weight is 391 g/mol. The molecule has 2 aromatic heterocycles. The van der Waals surface area contributed by atoms with Crippen LogP contribution in [0.2, 0.25) is 0 Å². The first-order valence-electron chi connectivity index (χ1n) is 9.16. The molecule has 28 heavy (non-hydrogen) atoms. The first-order chi connectivity index (χ1) is 13.5. The summed E-state index contributed by atoms with van der Waals surface area (Å²) in [6.07, 6.45) is 0.309. The molecule has 0 fully saturated rings. The number of aryl methyl sites for hydroxylation is 3. The van der Waals surface area contributed by atoms with Crippen LogP contribution in [-0.2, 0) is 11.3 Å². The number of anilines is 1. The first kappa shape index (κ1) is 18.3. The number of benzene rings is 2. The van der Waals surface area contributed by atoms with Gasteiger partial charge in [0.15, 0.2) is 5.58 Å². The van der Waals surface area contributed by atoms with Crippen LogP contribution in [0.3, 0.4) is 0 Å². The van der Waals surface area contributed by atoms with Crippen molar-refractivity contribution in [2.45, 2.75) is 26.8 Å². The molecule has 0 radical (unpaired) electrons. The van der Waals surface area contributed by atoms with Gasteiger partial charge in [-0.25, -0.2) is 0 Å². The fourth-order valence-electron chi connectivity index (χ4n) is 3.46. The maximum absolute atomic E-state index is 12.5. The number of nitrogens with one attached hydrogen (secondary N) is 1. The molecule has 1 amide bonds. The smallest absolute Gasteiger partial charge is 0.269 e. The van der Waals surface area contributed by atoms with Crippen molar-refractivity contribution in [1.82, 2.24) is 9.13 Å². The monoisotopic (exact) mass is 391 g/mol. The number of fused-ring (bicyclic) bond motifs is 1. The van der Waals surface area contributed by atoms with Crippen LogP contribution in [0, 0.1) is 18.7 Å². The summed E-state index contributed by atoms with van der Waals surface area (Å²) in [6, 6.07) is 19.7. The highest BCUT2D eigenvalue weighted by atomic mass is 32.1. The molecule has 6 heteroatoms. The van der Waals surface area contributed by atoms with Gasteiger partial charge in [-0.1, -0.05) is 18.2 Å². The van der Waals surface area contributed by atoms with Crippen molar-refractivity contribution >= 4 is 34.9 Å². The van der Waals surface area contributed by atoms with Crippen LogP contribution in [-0.4, -0.2) is 15.0 Å². The van der Waals surface area contributed by atoms with E-state index in [-0.39, 0.29) is 5.91 Å². The van der Waals surface area contributed by atoms with Crippen LogP contribution >= 0.6 is 12.2 Å². The number of carbonyl (C=O) groups is 1. The topological polar surface area (TPSA) is 52.1 Å². The number of para-hydroxylation sites is 2. The molecule has 2 aromatic carbocycles. The van der Waals surface area contributed by atoms with Gasteiger partial charge in [-0.05, 0) is 68.5 Å². The Morgan fingerprint density at radius 2 is 1.79 bits per heavy atom. The first-order valence-corrected chi connectivity index (χ1v) is 9.57. The number of hydrogen-bond donors (Lipinski definition) is 1. The van der Waals surface area contributed by atoms with Gasteiger partial charge in [-0.2, -0.15) is 0 Å². The van der Waals surface area contributed by atoms with Crippen molar-refractivity contribution in [3.05, 3.63) is 76.9 Å². The minimum atomic E-state index is -0.0646. The third-order valence-corrected chi connectivity index (χ3v) is 5.10. The molecule has 2 heterocycles. The van der Waals surface area contributed by atoms with E-state index >= 15 is 0 Å². The predicted molar refractivity (Wildman–Crippen MR) is 114 cm³/mol. The number of aromatic nitrogens is 2. The number of amides is 1. The average Bonchev–Trinajstić information content (AvgIpc) is 3.18. The number of carbonyl (C=O) groups excluding carboxylic acids is 1. The van der Waals surface area contributed by atoms with E-state index < -0.39 is 0 Å². The van der Waals surface area contributed by atoms with Gasteiger partial charge in [0.1, 0.15) is 0 Å². The highest BCUT2D eigenvalue weighted by molar-refractivity contribution is 7.71. The minimum Gasteiger partial charge on any atom is -0.429 e. The zero-order valence-electron chi connectivity index (χ0n) is 15.8. The molecule has 5 nitrogen and oxygen atoms in total. The normalized spacial score (nSPS) is 11.1. The Balaban J connectivity index is 1.48. The largest absolute Gasteiger partial charge is 0.429 e. The molecular weight excluding hydrogens is 370 g/mol. The standard InChI is InChI=1S/C22H21N3O2S/c1-15-10-11-16(2)25(15)18-7-5-6-17(14-18)23-21(26)12-13-24-19-8-3-4-9-20(19)27-22(24)28/h3-11,14H,12-13H2,1-2H3,(H,23,26). The Labute approximate surface area is 168 Å². The summed E-state index contributed by atoms with van der Waals surface area (Å²) >= 11 is 5.28. The minimum absolute atomic E-state index is 0.0646. The summed E-state index contributed by atoms with van der Waals surface area (Å²) in [6.45, 7) is 4.60. The quantitative estimate of drug-likeness (QED) is 0.464. The van der Waals surface area contributed by atoms with Crippen LogP contribution in [0.15, 0.2) is 65.1 Å². The molecule has 0 aliphatic heterocycles. The lowest BCUT2D eigenvalue weighted by Crippen LogP contribution is -2.14. The second-order valence-electron chi connectivity index (χ2n) is 6.79. The van der Waals surface area contributed by atoms with Crippen molar-refractivity contribution in [2.24, 2.45) is 0 Å². The predicted octanol–water partition coefficient (Wildman–Crippen LogP) is 5.40. The third-order valence-electron chi connectivity index (χ3n) is 4.80. The molecule has 0 saturated carbocycles. The maximum atomic E-state index is 12.5. The van der Waals surface area contributed by atoms with E-state index in [9.17, 15) is 4.79 Å². The Hall–Kier alpha value is -3.12. The molecule has 0 aliphatic carbocycles. The van der Waals surface area contributed by atoms with Crippen molar-refractivity contribution in [2.75, 3.05) is 5.32 Å². The second-order valence-corrected chi connectivity index (χ2v) is 7.14. The highest BCUT2D eigenvalue weighted by Gasteiger charge is 2.10. The summed E-state index contributed by atoms with van der Waals surface area (Å²) < 4.78 is 9.59. The fourth-order valence-corrected chi connectivity index (χ4v) is 3.74. The summed E-state index contributed by atoms with van der Waals surface area (Å²) in [5.41, 5.74) is 5.75. The molecule has 0 saturated heterocycles. The van der Waals surface area contributed by atoms with Crippen LogP contribution in [0.5, 0.6) is 0 Å². The SMILES string of the molecule is Cc1ccc(C)n1-c1cccc(NC(=O)CCn2c(=S)oc3ccccc32)c1. The van der Waals surface area contributed by atoms with Crippen LogP contribution in [0.4, 0.5) is 5.69 Å². The lowest BCUT2D eigenvalue weighted by atomic mass is 10.2. The van der Waals surface area contributed by atoms with Gasteiger partial charge in [0.25, 0.3) is 4.84 Å². The van der Waals surface area contributed by atoms with Crippen molar-refractivity contribution in [3.8, 4) is 5.69 Å². The van der Waals surface area contributed by atoms with E-state index in [1.807, 2.05) is 53.1 Å². The second kappa shape index (κ2) is 7.48. The van der Waals surface area contributed by atoms with Crippen molar-refractivity contribution in [3.63, 3.8) is 0 Å². The molecule has 4 aromatic rings. The van der Waals surface area contributed by atoms with Gasteiger partial charge in [-0.15, -0.1) is 0 Å². The van der Waals surface area contributed by atoms with Crippen LogP contribution < -0.4 is 5.32 Å². The Kier molecular flexibility index (Phi) is 4.88. The molecule has 0 atom stereocenters. The van der Waals surface area contributed by atoms with Gasteiger partial charge in [0, 0.05) is 35.7 Å². The van der Waals surface area contributed by atoms with Crippen LogP contribution in [0.25, 0.3) is 16.8 Å². The molecular formula is C22H21N3O2S. The summed E-state index contributed by atoms with van der Waals surface area (Å²) in [4.78, 5) is 12.9. The number of hydrogen-bond acceptors (Lipinski definition) is 3. The van der Waals surface area contributed by atoms with E-state index in [0.717, 1.165) is 33.9 Å². The maximum Gasteiger partial charge on any atom is 0.269 e. The molecule has 0 bridgehead atoms. The third kappa shape index (κ3) is 3.51. The lowest BCUT2D eigenvalue weighted by Gasteiger charge is -2.12. The molecule has 0 aliphatic rings. The van der Waals surface area contributed by atoms with Gasteiger partial charge < -0.3 is 14.3 Å². The molecule has 4 rings (SSSR count).